The maximum atomic E-state index is 4.37. The van der Waals surface area contributed by atoms with E-state index in [0.717, 1.165) is 22.7 Å². The molecular formula is C14H18BrN3. The van der Waals surface area contributed by atoms with Crippen molar-refractivity contribution in [1.82, 2.24) is 9.55 Å². The van der Waals surface area contributed by atoms with Crippen molar-refractivity contribution in [2.75, 3.05) is 5.32 Å². The molecule has 2 aromatic rings. The minimum atomic E-state index is 0.898. The minimum absolute atomic E-state index is 0.898. The molecule has 1 aromatic heterocycles. The summed E-state index contributed by atoms with van der Waals surface area (Å²) in [5.41, 5.74) is 2.27. The van der Waals surface area contributed by atoms with E-state index in [1.54, 1.807) is 0 Å². The van der Waals surface area contributed by atoms with Crippen LogP contribution in [0.5, 0.6) is 0 Å². The number of benzene rings is 1. The van der Waals surface area contributed by atoms with E-state index >= 15 is 0 Å². The second kappa shape index (κ2) is 6.05. The highest BCUT2D eigenvalue weighted by Gasteiger charge is 2.06. The monoisotopic (exact) mass is 307 g/mol. The molecule has 3 nitrogen and oxygen atoms in total. The number of aromatic nitrogens is 2. The van der Waals surface area contributed by atoms with E-state index in [9.17, 15) is 0 Å². The lowest BCUT2D eigenvalue weighted by Crippen LogP contribution is -2.03. The Hall–Kier alpha value is -1.29. The number of rotatable bonds is 5. The number of hydrogen-bond acceptors (Lipinski definition) is 2. The normalized spacial score (nSPS) is 10.6. The lowest BCUT2D eigenvalue weighted by Gasteiger charge is -2.11. The third-order valence-corrected chi connectivity index (χ3v) is 3.96. The van der Waals surface area contributed by atoms with Gasteiger partial charge in [0.2, 0.25) is 5.95 Å². The lowest BCUT2D eigenvalue weighted by molar-refractivity contribution is 0.638. The van der Waals surface area contributed by atoms with Gasteiger partial charge in [-0.25, -0.2) is 4.98 Å². The van der Waals surface area contributed by atoms with Crippen molar-refractivity contribution in [2.24, 2.45) is 0 Å². The van der Waals surface area contributed by atoms with Crippen LogP contribution in [0.1, 0.15) is 25.3 Å². The standard InChI is InChI=1S/C14H18BrN3/c1-3-4-9-18-10-8-16-14(18)17-12-7-5-6-11(2)13(12)15/h5-8,10H,3-4,9H2,1-2H3,(H,16,17). The van der Waals surface area contributed by atoms with E-state index in [2.05, 4.69) is 56.8 Å². The molecule has 0 atom stereocenters. The first-order valence-electron chi connectivity index (χ1n) is 6.25. The number of halogens is 1. The fraction of sp³-hybridized carbons (Fsp3) is 0.357. The third kappa shape index (κ3) is 2.93. The van der Waals surface area contributed by atoms with Gasteiger partial charge in [0.25, 0.3) is 0 Å². The Kier molecular flexibility index (Phi) is 4.42. The molecule has 0 bridgehead atoms. The third-order valence-electron chi connectivity index (χ3n) is 2.91. The summed E-state index contributed by atoms with van der Waals surface area (Å²) in [6.45, 7) is 5.28. The van der Waals surface area contributed by atoms with Gasteiger partial charge in [0.1, 0.15) is 0 Å². The SMILES string of the molecule is CCCCn1ccnc1Nc1cccc(C)c1Br. The van der Waals surface area contributed by atoms with Gasteiger partial charge in [-0.2, -0.15) is 0 Å². The van der Waals surface area contributed by atoms with Gasteiger partial charge in [-0.05, 0) is 40.9 Å². The Bertz CT molecular complexity index is 520. The number of aryl methyl sites for hydroxylation is 2. The van der Waals surface area contributed by atoms with Crippen LogP contribution in [0.15, 0.2) is 35.1 Å². The molecular weight excluding hydrogens is 290 g/mol. The van der Waals surface area contributed by atoms with Gasteiger partial charge in [-0.1, -0.05) is 25.5 Å². The highest BCUT2D eigenvalue weighted by molar-refractivity contribution is 9.10. The van der Waals surface area contributed by atoms with Gasteiger partial charge in [0, 0.05) is 23.4 Å². The van der Waals surface area contributed by atoms with Crippen molar-refractivity contribution in [3.8, 4) is 0 Å². The van der Waals surface area contributed by atoms with Crippen LogP contribution in [0.2, 0.25) is 0 Å². The Morgan fingerprint density at radius 2 is 2.22 bits per heavy atom. The van der Waals surface area contributed by atoms with Crippen LogP contribution in [0, 0.1) is 6.92 Å². The second-order valence-corrected chi connectivity index (χ2v) is 5.15. The van der Waals surface area contributed by atoms with Gasteiger partial charge >= 0.3 is 0 Å². The summed E-state index contributed by atoms with van der Waals surface area (Å²) in [4.78, 5) is 4.37. The van der Waals surface area contributed by atoms with Gasteiger partial charge in [-0.15, -0.1) is 0 Å². The molecule has 0 saturated carbocycles. The van der Waals surface area contributed by atoms with Crippen LogP contribution in [0.3, 0.4) is 0 Å². The molecule has 0 radical (unpaired) electrons. The predicted octanol–water partition coefficient (Wildman–Crippen LogP) is 4.50. The zero-order valence-corrected chi connectivity index (χ0v) is 12.4. The molecule has 0 aliphatic heterocycles. The number of unbranched alkanes of at least 4 members (excludes halogenated alkanes) is 1. The highest BCUT2D eigenvalue weighted by atomic mass is 79.9. The Morgan fingerprint density at radius 1 is 1.39 bits per heavy atom. The van der Waals surface area contributed by atoms with Gasteiger partial charge in [-0.3, -0.25) is 0 Å². The number of nitrogens with one attached hydrogen (secondary N) is 1. The summed E-state index contributed by atoms with van der Waals surface area (Å²) in [6.07, 6.45) is 6.20. The summed E-state index contributed by atoms with van der Waals surface area (Å²) >= 11 is 3.60. The van der Waals surface area contributed by atoms with E-state index < -0.39 is 0 Å². The molecule has 0 aliphatic carbocycles. The first-order valence-corrected chi connectivity index (χ1v) is 7.05. The smallest absolute Gasteiger partial charge is 0.207 e. The number of hydrogen-bond donors (Lipinski definition) is 1. The molecule has 0 amide bonds. The average Bonchev–Trinajstić information content (AvgIpc) is 2.80. The molecule has 0 saturated heterocycles. The molecule has 0 unspecified atom stereocenters. The summed E-state index contributed by atoms with van der Waals surface area (Å²) in [5, 5.41) is 3.38. The lowest BCUT2D eigenvalue weighted by atomic mass is 10.2. The van der Waals surface area contributed by atoms with Crippen molar-refractivity contribution in [3.05, 3.63) is 40.6 Å². The zero-order chi connectivity index (χ0) is 13.0. The molecule has 18 heavy (non-hydrogen) atoms. The molecule has 0 fully saturated rings. The summed E-state index contributed by atoms with van der Waals surface area (Å²) in [5.74, 6) is 0.898. The van der Waals surface area contributed by atoms with Crippen LogP contribution in [-0.4, -0.2) is 9.55 Å². The first kappa shape index (κ1) is 13.1. The maximum Gasteiger partial charge on any atom is 0.207 e. The van der Waals surface area contributed by atoms with E-state index in [-0.39, 0.29) is 0 Å². The largest absolute Gasteiger partial charge is 0.325 e. The topological polar surface area (TPSA) is 29.9 Å². The predicted molar refractivity (Wildman–Crippen MR) is 79.3 cm³/mol. The number of nitrogens with zero attached hydrogens (tertiary/aromatic N) is 2. The summed E-state index contributed by atoms with van der Waals surface area (Å²) < 4.78 is 3.24. The fourth-order valence-electron chi connectivity index (χ4n) is 1.81. The molecule has 96 valence electrons. The quantitative estimate of drug-likeness (QED) is 0.881. The maximum absolute atomic E-state index is 4.37. The zero-order valence-electron chi connectivity index (χ0n) is 10.8. The summed E-state index contributed by atoms with van der Waals surface area (Å²) in [6, 6.07) is 6.18. The van der Waals surface area contributed by atoms with Crippen LogP contribution in [0.4, 0.5) is 11.6 Å². The van der Waals surface area contributed by atoms with E-state index in [0.29, 0.717) is 0 Å². The Balaban J connectivity index is 2.18. The van der Waals surface area contributed by atoms with Crippen LogP contribution >= 0.6 is 15.9 Å². The molecule has 2 rings (SSSR count). The van der Waals surface area contributed by atoms with Crippen molar-refractivity contribution in [3.63, 3.8) is 0 Å². The summed E-state index contributed by atoms with van der Waals surface area (Å²) in [7, 11) is 0. The Morgan fingerprint density at radius 3 is 3.00 bits per heavy atom. The fourth-order valence-corrected chi connectivity index (χ4v) is 2.17. The van der Waals surface area contributed by atoms with E-state index in [1.807, 2.05) is 18.5 Å². The van der Waals surface area contributed by atoms with Gasteiger partial charge < -0.3 is 9.88 Å². The van der Waals surface area contributed by atoms with E-state index in [4.69, 9.17) is 0 Å². The number of anilines is 2. The minimum Gasteiger partial charge on any atom is -0.325 e. The van der Waals surface area contributed by atoms with Crippen LogP contribution in [-0.2, 0) is 6.54 Å². The molecule has 0 aliphatic rings. The Labute approximate surface area is 116 Å². The molecule has 0 spiro atoms. The first-order chi connectivity index (χ1) is 8.72. The molecule has 1 heterocycles. The molecule has 1 N–H and O–H groups in total. The van der Waals surface area contributed by atoms with Crippen LogP contribution < -0.4 is 5.32 Å². The second-order valence-electron chi connectivity index (χ2n) is 4.36. The van der Waals surface area contributed by atoms with Gasteiger partial charge in [0.05, 0.1) is 5.69 Å². The van der Waals surface area contributed by atoms with Crippen molar-refractivity contribution < 1.29 is 0 Å². The average molecular weight is 308 g/mol. The molecule has 1 aromatic carbocycles. The van der Waals surface area contributed by atoms with E-state index in [1.165, 1.54) is 18.4 Å². The number of imidazole rings is 1. The molecule has 4 heteroatoms. The van der Waals surface area contributed by atoms with Crippen molar-refractivity contribution >= 4 is 27.6 Å². The van der Waals surface area contributed by atoms with Crippen molar-refractivity contribution in [1.29, 1.82) is 0 Å². The van der Waals surface area contributed by atoms with Crippen LogP contribution in [0.25, 0.3) is 0 Å². The van der Waals surface area contributed by atoms with Crippen molar-refractivity contribution in [2.45, 2.75) is 33.2 Å². The highest BCUT2D eigenvalue weighted by Crippen LogP contribution is 2.28. The van der Waals surface area contributed by atoms with Gasteiger partial charge in [0.15, 0.2) is 0 Å².